The van der Waals surface area contributed by atoms with E-state index in [1.165, 1.54) is 5.56 Å². The number of hydrogen-bond acceptors (Lipinski definition) is 1. The molecule has 2 heteroatoms. The molecule has 0 radical (unpaired) electrons. The van der Waals surface area contributed by atoms with Gasteiger partial charge in [0.25, 0.3) is 0 Å². The summed E-state index contributed by atoms with van der Waals surface area (Å²) in [6.45, 7) is 0. The zero-order valence-corrected chi connectivity index (χ0v) is 9.06. The first kappa shape index (κ1) is 11.6. The fourth-order valence-electron chi connectivity index (χ4n) is 0.995. The molecule has 0 amide bonds. The highest BCUT2D eigenvalue weighted by Gasteiger charge is 1.81. The fourth-order valence-corrected chi connectivity index (χ4v) is 1.17. The van der Waals surface area contributed by atoms with Crippen molar-refractivity contribution in [3.8, 4) is 5.75 Å². The lowest BCUT2D eigenvalue weighted by Gasteiger charge is -1.88. The molecule has 78 valence electrons. The van der Waals surface area contributed by atoms with Gasteiger partial charge >= 0.3 is 0 Å². The van der Waals surface area contributed by atoms with Crippen molar-refractivity contribution in [1.82, 2.24) is 0 Å². The molecule has 0 aromatic heterocycles. The van der Waals surface area contributed by atoms with Crippen LogP contribution < -0.4 is 0 Å². The van der Waals surface area contributed by atoms with E-state index < -0.39 is 0 Å². The summed E-state index contributed by atoms with van der Waals surface area (Å²) in [6.07, 6.45) is 0. The number of aromatic hydroxyl groups is 1. The van der Waals surface area contributed by atoms with Gasteiger partial charge in [0.05, 0.1) is 0 Å². The van der Waals surface area contributed by atoms with Gasteiger partial charge in [0, 0.05) is 5.88 Å². The largest absolute Gasteiger partial charge is 0.508 e. The second kappa shape index (κ2) is 6.91. The van der Waals surface area contributed by atoms with Gasteiger partial charge in [0.1, 0.15) is 5.75 Å². The SMILES string of the molecule is ClCc1ccccc1.Oc1ccccc1. The Morgan fingerprint density at radius 2 is 1.27 bits per heavy atom. The molecule has 15 heavy (non-hydrogen) atoms. The number of para-hydroxylation sites is 1. The van der Waals surface area contributed by atoms with Crippen molar-refractivity contribution in [3.05, 3.63) is 66.2 Å². The van der Waals surface area contributed by atoms with E-state index in [9.17, 15) is 0 Å². The first-order chi connectivity index (χ1) is 7.33. The van der Waals surface area contributed by atoms with Crippen LogP contribution in [0, 0.1) is 0 Å². The van der Waals surface area contributed by atoms with Crippen LogP contribution in [0.1, 0.15) is 5.56 Å². The van der Waals surface area contributed by atoms with Crippen LogP contribution in [0.25, 0.3) is 0 Å². The molecule has 1 nitrogen and oxygen atoms in total. The molecular formula is C13H13ClO. The molecule has 0 atom stereocenters. The number of alkyl halides is 1. The van der Waals surface area contributed by atoms with Gasteiger partial charge in [0.2, 0.25) is 0 Å². The van der Waals surface area contributed by atoms with Gasteiger partial charge in [-0.3, -0.25) is 0 Å². The maximum absolute atomic E-state index is 8.63. The van der Waals surface area contributed by atoms with Crippen LogP contribution in [0.2, 0.25) is 0 Å². The van der Waals surface area contributed by atoms with Crippen LogP contribution in [-0.4, -0.2) is 5.11 Å². The first-order valence-electron chi connectivity index (χ1n) is 4.67. The molecule has 2 aromatic carbocycles. The van der Waals surface area contributed by atoms with Crippen molar-refractivity contribution in [2.24, 2.45) is 0 Å². The predicted molar refractivity (Wildman–Crippen MR) is 64.1 cm³/mol. The van der Waals surface area contributed by atoms with Gasteiger partial charge in [-0.25, -0.2) is 0 Å². The molecule has 0 fully saturated rings. The van der Waals surface area contributed by atoms with Gasteiger partial charge in [-0.2, -0.15) is 0 Å². The summed E-state index contributed by atoms with van der Waals surface area (Å²) in [5, 5.41) is 8.63. The van der Waals surface area contributed by atoms with Crippen LogP contribution in [0.15, 0.2) is 60.7 Å². The lowest BCUT2D eigenvalue weighted by Crippen LogP contribution is -1.71. The first-order valence-corrected chi connectivity index (χ1v) is 5.20. The maximum atomic E-state index is 8.63. The van der Waals surface area contributed by atoms with Crippen molar-refractivity contribution < 1.29 is 5.11 Å². The minimum atomic E-state index is 0.322. The average Bonchev–Trinajstić information content (AvgIpc) is 2.32. The quantitative estimate of drug-likeness (QED) is 0.725. The molecule has 2 rings (SSSR count). The highest BCUT2D eigenvalue weighted by Crippen LogP contribution is 2.02. The van der Waals surface area contributed by atoms with Gasteiger partial charge in [0.15, 0.2) is 0 Å². The molecular weight excluding hydrogens is 208 g/mol. The van der Waals surface area contributed by atoms with Crippen LogP contribution >= 0.6 is 11.6 Å². The second-order valence-corrected chi connectivity index (χ2v) is 3.22. The molecule has 0 unspecified atom stereocenters. The van der Waals surface area contributed by atoms with Crippen LogP contribution in [0.4, 0.5) is 0 Å². The standard InChI is InChI=1S/C7H7Cl.C6H6O/c8-6-7-4-2-1-3-5-7;7-6-4-2-1-3-5-6/h1-5H,6H2;1-5,7H. The summed E-state index contributed by atoms with van der Waals surface area (Å²) in [5.41, 5.74) is 1.18. The Kier molecular flexibility index (Phi) is 5.34. The normalized spacial score (nSPS) is 8.87. The van der Waals surface area contributed by atoms with E-state index in [1.54, 1.807) is 24.3 Å². The molecule has 2 aromatic rings. The third-order valence-corrected chi connectivity index (χ3v) is 2.06. The molecule has 0 saturated carbocycles. The van der Waals surface area contributed by atoms with Crippen molar-refractivity contribution >= 4 is 11.6 Å². The fraction of sp³-hybridized carbons (Fsp3) is 0.0769. The third-order valence-electron chi connectivity index (χ3n) is 1.75. The Bertz CT molecular complexity index is 359. The average molecular weight is 221 g/mol. The maximum Gasteiger partial charge on any atom is 0.115 e. The Labute approximate surface area is 95.0 Å². The predicted octanol–water partition coefficient (Wildman–Crippen LogP) is 3.82. The summed E-state index contributed by atoms with van der Waals surface area (Å²) in [5.74, 6) is 0.934. The van der Waals surface area contributed by atoms with E-state index in [0.717, 1.165) is 0 Å². The Morgan fingerprint density at radius 3 is 1.53 bits per heavy atom. The summed E-state index contributed by atoms with van der Waals surface area (Å²) in [6, 6.07) is 18.7. The van der Waals surface area contributed by atoms with E-state index in [0.29, 0.717) is 11.6 Å². The topological polar surface area (TPSA) is 20.2 Å². The molecule has 0 aliphatic rings. The molecule has 0 aliphatic carbocycles. The van der Waals surface area contributed by atoms with Crippen molar-refractivity contribution in [3.63, 3.8) is 0 Å². The number of benzene rings is 2. The van der Waals surface area contributed by atoms with Crippen molar-refractivity contribution in [1.29, 1.82) is 0 Å². The number of hydrogen-bond donors (Lipinski definition) is 1. The lowest BCUT2D eigenvalue weighted by molar-refractivity contribution is 0.475. The summed E-state index contributed by atoms with van der Waals surface area (Å²) >= 11 is 5.53. The highest BCUT2D eigenvalue weighted by molar-refractivity contribution is 6.17. The van der Waals surface area contributed by atoms with Crippen molar-refractivity contribution in [2.45, 2.75) is 5.88 Å². The van der Waals surface area contributed by atoms with E-state index in [1.807, 2.05) is 36.4 Å². The summed E-state index contributed by atoms with van der Waals surface area (Å²) in [4.78, 5) is 0. The zero-order chi connectivity index (χ0) is 10.9. The number of rotatable bonds is 1. The van der Waals surface area contributed by atoms with Gasteiger partial charge < -0.3 is 5.11 Å². The van der Waals surface area contributed by atoms with Crippen LogP contribution in [0.5, 0.6) is 5.75 Å². The van der Waals surface area contributed by atoms with Crippen LogP contribution in [0.3, 0.4) is 0 Å². The zero-order valence-electron chi connectivity index (χ0n) is 8.31. The number of phenols is 1. The Morgan fingerprint density at radius 1 is 0.800 bits per heavy atom. The number of phenolic OH excluding ortho intramolecular Hbond substituents is 1. The highest BCUT2D eigenvalue weighted by atomic mass is 35.5. The van der Waals surface area contributed by atoms with E-state index in [-0.39, 0.29) is 0 Å². The third kappa shape index (κ3) is 5.08. The second-order valence-electron chi connectivity index (χ2n) is 2.95. The van der Waals surface area contributed by atoms with Crippen molar-refractivity contribution in [2.75, 3.05) is 0 Å². The van der Waals surface area contributed by atoms with Crippen LogP contribution in [-0.2, 0) is 5.88 Å². The molecule has 0 heterocycles. The Balaban J connectivity index is 0.000000151. The van der Waals surface area contributed by atoms with Gasteiger partial charge in [-0.05, 0) is 17.7 Å². The van der Waals surface area contributed by atoms with E-state index in [2.05, 4.69) is 0 Å². The Hall–Kier alpha value is -1.47. The minimum absolute atomic E-state index is 0.322. The number of halogens is 1. The smallest absolute Gasteiger partial charge is 0.115 e. The summed E-state index contributed by atoms with van der Waals surface area (Å²) in [7, 11) is 0. The van der Waals surface area contributed by atoms with E-state index in [4.69, 9.17) is 16.7 Å². The van der Waals surface area contributed by atoms with Gasteiger partial charge in [-0.15, -0.1) is 11.6 Å². The molecule has 0 saturated heterocycles. The monoisotopic (exact) mass is 220 g/mol. The van der Waals surface area contributed by atoms with Gasteiger partial charge in [-0.1, -0.05) is 48.5 Å². The lowest BCUT2D eigenvalue weighted by atomic mass is 10.2. The molecule has 0 bridgehead atoms. The minimum Gasteiger partial charge on any atom is -0.508 e. The summed E-state index contributed by atoms with van der Waals surface area (Å²) < 4.78 is 0. The molecule has 0 aliphatic heterocycles. The molecule has 0 spiro atoms. The molecule has 1 N–H and O–H groups in total. The van der Waals surface area contributed by atoms with E-state index >= 15 is 0 Å².